The van der Waals surface area contributed by atoms with E-state index < -0.39 is 0 Å². The van der Waals surface area contributed by atoms with Gasteiger partial charge in [-0.25, -0.2) is 4.98 Å². The van der Waals surface area contributed by atoms with E-state index in [-0.39, 0.29) is 11.6 Å². The quantitative estimate of drug-likeness (QED) is 0.894. The van der Waals surface area contributed by atoms with E-state index in [1.54, 1.807) is 0 Å². The van der Waals surface area contributed by atoms with Crippen LogP contribution < -0.4 is 10.3 Å². The first-order valence-electron chi connectivity index (χ1n) is 5.94. The normalized spacial score (nSPS) is 10.3. The molecule has 1 heterocycles. The second-order valence-electron chi connectivity index (χ2n) is 4.02. The van der Waals surface area contributed by atoms with E-state index in [0.29, 0.717) is 12.8 Å². The number of nitrogens with one attached hydrogen (secondary N) is 1. The average molecular weight is 244 g/mol. The van der Waals surface area contributed by atoms with Crippen molar-refractivity contribution in [2.45, 2.75) is 19.8 Å². The van der Waals surface area contributed by atoms with Crippen LogP contribution in [-0.4, -0.2) is 17.1 Å². The van der Waals surface area contributed by atoms with E-state index in [0.717, 1.165) is 16.8 Å². The maximum Gasteiger partial charge on any atom is 0.296 e. The number of H-pyrrole nitrogens is 1. The van der Waals surface area contributed by atoms with Crippen LogP contribution in [0.1, 0.15) is 23.7 Å². The van der Waals surface area contributed by atoms with E-state index in [2.05, 4.69) is 9.97 Å². The zero-order valence-electron chi connectivity index (χ0n) is 10.6. The first-order chi connectivity index (χ1) is 8.74. The molecule has 0 unspecified atom stereocenters. The van der Waals surface area contributed by atoms with Crippen LogP contribution in [0.15, 0.2) is 35.1 Å². The van der Waals surface area contributed by atoms with Crippen LogP contribution in [0.5, 0.6) is 6.01 Å². The van der Waals surface area contributed by atoms with Crippen LogP contribution >= 0.6 is 0 Å². The summed E-state index contributed by atoms with van der Waals surface area (Å²) in [6.45, 7) is 1.95. The van der Waals surface area contributed by atoms with Crippen molar-refractivity contribution in [2.75, 3.05) is 7.11 Å². The van der Waals surface area contributed by atoms with Gasteiger partial charge in [-0.15, -0.1) is 0 Å². The van der Waals surface area contributed by atoms with Gasteiger partial charge in [-0.3, -0.25) is 9.78 Å². The van der Waals surface area contributed by atoms with E-state index in [1.165, 1.54) is 7.11 Å². The Morgan fingerprint density at radius 3 is 2.61 bits per heavy atom. The molecule has 0 atom stereocenters. The number of methoxy groups -OCH3 is 1. The number of hydrogen-bond donors (Lipinski definition) is 1. The van der Waals surface area contributed by atoms with Crippen molar-refractivity contribution in [3.63, 3.8) is 0 Å². The molecule has 0 amide bonds. The second-order valence-corrected chi connectivity index (χ2v) is 4.02. The zero-order chi connectivity index (χ0) is 13.0. The van der Waals surface area contributed by atoms with Gasteiger partial charge in [-0.2, -0.15) is 0 Å². The molecule has 0 aliphatic rings. The number of aromatic amines is 1. The molecule has 2 rings (SSSR count). The predicted molar refractivity (Wildman–Crippen MR) is 70.0 cm³/mol. The third kappa shape index (κ3) is 2.59. The molecule has 0 bridgehead atoms. The number of hydrogen-bond acceptors (Lipinski definition) is 3. The molecule has 0 fully saturated rings. The topological polar surface area (TPSA) is 55.0 Å². The van der Waals surface area contributed by atoms with Crippen LogP contribution in [0.25, 0.3) is 0 Å². The molecule has 0 saturated carbocycles. The summed E-state index contributed by atoms with van der Waals surface area (Å²) in [6, 6.07) is 10.2. The Morgan fingerprint density at radius 1 is 1.28 bits per heavy atom. The van der Waals surface area contributed by atoms with Crippen LogP contribution in [0.4, 0.5) is 0 Å². The molecule has 4 nitrogen and oxygen atoms in total. The molecular weight excluding hydrogens is 228 g/mol. The fraction of sp³-hybridized carbons (Fsp3) is 0.286. The average Bonchev–Trinajstić information content (AvgIpc) is 2.39. The summed E-state index contributed by atoms with van der Waals surface area (Å²) in [7, 11) is 1.50. The van der Waals surface area contributed by atoms with Crippen molar-refractivity contribution in [1.82, 2.24) is 9.97 Å². The minimum Gasteiger partial charge on any atom is -0.468 e. The first kappa shape index (κ1) is 12.4. The third-order valence-electron chi connectivity index (χ3n) is 2.84. The molecule has 1 aromatic heterocycles. The Kier molecular flexibility index (Phi) is 3.77. The summed E-state index contributed by atoms with van der Waals surface area (Å²) in [5, 5.41) is 0. The van der Waals surface area contributed by atoms with Crippen LogP contribution in [0, 0.1) is 0 Å². The van der Waals surface area contributed by atoms with Crippen LogP contribution in [0.3, 0.4) is 0 Å². The molecule has 0 spiro atoms. The van der Waals surface area contributed by atoms with Crippen molar-refractivity contribution in [2.24, 2.45) is 0 Å². The third-order valence-corrected chi connectivity index (χ3v) is 2.84. The summed E-state index contributed by atoms with van der Waals surface area (Å²) in [6.07, 6.45) is 1.30. The molecule has 1 N–H and O–H groups in total. The fourth-order valence-electron chi connectivity index (χ4n) is 1.92. The Balaban J connectivity index is 2.42. The molecule has 1 aromatic carbocycles. The van der Waals surface area contributed by atoms with Crippen molar-refractivity contribution < 1.29 is 4.74 Å². The lowest BCUT2D eigenvalue weighted by Crippen LogP contribution is -2.18. The molecule has 0 aliphatic heterocycles. The van der Waals surface area contributed by atoms with Gasteiger partial charge in [-0.1, -0.05) is 37.3 Å². The molecule has 0 radical (unpaired) electrons. The molecule has 0 saturated heterocycles. The van der Waals surface area contributed by atoms with Crippen molar-refractivity contribution >= 4 is 0 Å². The summed E-state index contributed by atoms with van der Waals surface area (Å²) >= 11 is 0. The maximum absolute atomic E-state index is 11.9. The van der Waals surface area contributed by atoms with Gasteiger partial charge in [0.25, 0.3) is 11.6 Å². The molecule has 0 aliphatic carbocycles. The number of benzene rings is 1. The highest BCUT2D eigenvalue weighted by molar-refractivity contribution is 5.27. The highest BCUT2D eigenvalue weighted by Crippen LogP contribution is 2.12. The number of rotatable bonds is 4. The van der Waals surface area contributed by atoms with E-state index >= 15 is 0 Å². The summed E-state index contributed by atoms with van der Waals surface area (Å²) in [5.41, 5.74) is 2.52. The number of nitrogens with zero attached hydrogens (tertiary/aromatic N) is 1. The van der Waals surface area contributed by atoms with Gasteiger partial charge in [0.2, 0.25) is 0 Å². The SMILES string of the molecule is CCc1c(Cc2ccccc2)nc(OC)[nH]c1=O. The van der Waals surface area contributed by atoms with Gasteiger partial charge < -0.3 is 4.74 Å². The standard InChI is InChI=1S/C14H16N2O2/c1-3-11-12(9-10-7-5-4-6-8-10)15-14(18-2)16-13(11)17/h4-8H,3,9H2,1-2H3,(H,15,16,17). The molecule has 4 heteroatoms. The van der Waals surface area contributed by atoms with Crippen molar-refractivity contribution in [3.8, 4) is 6.01 Å². The van der Waals surface area contributed by atoms with E-state index in [4.69, 9.17) is 4.74 Å². The highest BCUT2D eigenvalue weighted by atomic mass is 16.5. The number of aromatic nitrogens is 2. The van der Waals surface area contributed by atoms with Crippen molar-refractivity contribution in [1.29, 1.82) is 0 Å². The summed E-state index contributed by atoms with van der Waals surface area (Å²) < 4.78 is 5.01. The molecule has 94 valence electrons. The Labute approximate surface area is 106 Å². The van der Waals surface area contributed by atoms with E-state index in [1.807, 2.05) is 37.3 Å². The van der Waals surface area contributed by atoms with Gasteiger partial charge in [0.15, 0.2) is 0 Å². The van der Waals surface area contributed by atoms with Gasteiger partial charge >= 0.3 is 0 Å². The van der Waals surface area contributed by atoms with Gasteiger partial charge in [0.05, 0.1) is 12.8 Å². The smallest absolute Gasteiger partial charge is 0.296 e. The maximum atomic E-state index is 11.9. The largest absolute Gasteiger partial charge is 0.468 e. The molecule has 2 aromatic rings. The predicted octanol–water partition coefficient (Wildman–Crippen LogP) is 1.93. The lowest BCUT2D eigenvalue weighted by Gasteiger charge is -2.08. The fourth-order valence-corrected chi connectivity index (χ4v) is 1.92. The molecule has 18 heavy (non-hydrogen) atoms. The Morgan fingerprint density at radius 2 is 2.00 bits per heavy atom. The summed E-state index contributed by atoms with van der Waals surface area (Å²) in [5.74, 6) is 0. The van der Waals surface area contributed by atoms with Gasteiger partial charge in [0.1, 0.15) is 0 Å². The van der Waals surface area contributed by atoms with E-state index in [9.17, 15) is 4.79 Å². The van der Waals surface area contributed by atoms with Gasteiger partial charge in [-0.05, 0) is 12.0 Å². The van der Waals surface area contributed by atoms with Crippen molar-refractivity contribution in [3.05, 3.63) is 57.5 Å². The highest BCUT2D eigenvalue weighted by Gasteiger charge is 2.10. The van der Waals surface area contributed by atoms with Crippen LogP contribution in [0.2, 0.25) is 0 Å². The lowest BCUT2D eigenvalue weighted by atomic mass is 10.0. The first-order valence-corrected chi connectivity index (χ1v) is 5.94. The zero-order valence-corrected chi connectivity index (χ0v) is 10.6. The Hall–Kier alpha value is -2.10. The second kappa shape index (κ2) is 5.49. The minimum atomic E-state index is -0.115. The molecular formula is C14H16N2O2. The van der Waals surface area contributed by atoms with Gasteiger partial charge in [0, 0.05) is 12.0 Å². The number of ether oxygens (including phenoxy) is 1. The lowest BCUT2D eigenvalue weighted by molar-refractivity contribution is 0.376. The van der Waals surface area contributed by atoms with Crippen LogP contribution in [-0.2, 0) is 12.8 Å². The Bertz CT molecular complexity index is 576. The summed E-state index contributed by atoms with van der Waals surface area (Å²) in [4.78, 5) is 18.8. The monoisotopic (exact) mass is 244 g/mol. The minimum absolute atomic E-state index is 0.115.